The van der Waals surface area contributed by atoms with Gasteiger partial charge in [0, 0.05) is 22.7 Å². The van der Waals surface area contributed by atoms with Crippen LogP contribution in [0.4, 0.5) is 5.69 Å². The summed E-state index contributed by atoms with van der Waals surface area (Å²) in [6, 6.07) is 12.6. The van der Waals surface area contributed by atoms with Crippen molar-refractivity contribution < 1.29 is 14.3 Å². The molecule has 0 heterocycles. The Bertz CT molecular complexity index is 874. The van der Waals surface area contributed by atoms with Crippen molar-refractivity contribution in [2.24, 2.45) is 0 Å². The Kier molecular flexibility index (Phi) is 6.71. The molecule has 146 valence electrons. The van der Waals surface area contributed by atoms with Crippen molar-refractivity contribution >= 4 is 35.2 Å². The number of nitrogens with one attached hydrogen (secondary N) is 2. The summed E-state index contributed by atoms with van der Waals surface area (Å²) >= 11 is 6.03. The molecule has 1 aliphatic rings. The third kappa shape index (κ3) is 5.86. The lowest BCUT2D eigenvalue weighted by atomic mass is 10.1. The minimum atomic E-state index is -0.292. The molecule has 2 aromatic carbocycles. The fourth-order valence-electron chi connectivity index (χ4n) is 2.53. The fraction of sp³-hybridized carbons (Fsp3) is 0.273. The van der Waals surface area contributed by atoms with Gasteiger partial charge in [0.15, 0.2) is 0 Å². The van der Waals surface area contributed by atoms with E-state index in [1.165, 1.54) is 6.08 Å². The molecule has 0 bridgehead atoms. The van der Waals surface area contributed by atoms with Crippen LogP contribution >= 0.6 is 11.6 Å². The monoisotopic (exact) mass is 398 g/mol. The van der Waals surface area contributed by atoms with Crippen molar-refractivity contribution in [3.05, 3.63) is 64.7 Å². The van der Waals surface area contributed by atoms with E-state index in [0.717, 1.165) is 24.8 Å². The summed E-state index contributed by atoms with van der Waals surface area (Å²) in [5, 5.41) is 6.25. The third-order valence-electron chi connectivity index (χ3n) is 4.17. The van der Waals surface area contributed by atoms with E-state index < -0.39 is 0 Å². The molecule has 1 fully saturated rings. The van der Waals surface area contributed by atoms with E-state index in [0.29, 0.717) is 34.7 Å². The standard InChI is InChI=1S/C22H23ClN2O3/c1-2-13-28-20-11-8-17(23)14-19(20)25-21(26)12-5-15-3-6-16(7-4-15)22(27)24-18-9-10-18/h3-8,11-12,14,18H,2,9-10,13H2,1H3,(H,24,27)(H,25,26)/b12-5+. The fourth-order valence-corrected chi connectivity index (χ4v) is 2.70. The Hall–Kier alpha value is -2.79. The summed E-state index contributed by atoms with van der Waals surface area (Å²) in [4.78, 5) is 24.3. The highest BCUT2D eigenvalue weighted by atomic mass is 35.5. The Labute approximate surface area is 169 Å². The molecule has 2 N–H and O–H groups in total. The van der Waals surface area contributed by atoms with Crippen LogP contribution in [0.3, 0.4) is 0 Å². The van der Waals surface area contributed by atoms with Crippen LogP contribution in [-0.4, -0.2) is 24.5 Å². The first-order valence-electron chi connectivity index (χ1n) is 9.37. The summed E-state index contributed by atoms with van der Waals surface area (Å²) in [6.45, 7) is 2.57. The summed E-state index contributed by atoms with van der Waals surface area (Å²) in [7, 11) is 0. The molecular formula is C22H23ClN2O3. The third-order valence-corrected chi connectivity index (χ3v) is 4.41. The molecule has 0 aliphatic heterocycles. The molecule has 1 saturated carbocycles. The molecule has 0 aromatic heterocycles. The van der Waals surface area contributed by atoms with E-state index in [4.69, 9.17) is 16.3 Å². The lowest BCUT2D eigenvalue weighted by Gasteiger charge is -2.11. The summed E-state index contributed by atoms with van der Waals surface area (Å²) in [5.41, 5.74) is 1.97. The summed E-state index contributed by atoms with van der Waals surface area (Å²) < 4.78 is 5.64. The Morgan fingerprint density at radius 2 is 1.93 bits per heavy atom. The van der Waals surface area contributed by atoms with Crippen LogP contribution in [0.5, 0.6) is 5.75 Å². The highest BCUT2D eigenvalue weighted by Gasteiger charge is 2.23. The van der Waals surface area contributed by atoms with Gasteiger partial charge in [-0.25, -0.2) is 0 Å². The second kappa shape index (κ2) is 9.42. The predicted octanol–water partition coefficient (Wildman–Crippen LogP) is 4.67. The minimum Gasteiger partial charge on any atom is -0.491 e. The molecule has 28 heavy (non-hydrogen) atoms. The van der Waals surface area contributed by atoms with Gasteiger partial charge in [0.25, 0.3) is 5.91 Å². The minimum absolute atomic E-state index is 0.0589. The molecule has 3 rings (SSSR count). The van der Waals surface area contributed by atoms with E-state index >= 15 is 0 Å². The molecule has 6 heteroatoms. The zero-order valence-electron chi connectivity index (χ0n) is 15.7. The lowest BCUT2D eigenvalue weighted by Crippen LogP contribution is -2.25. The summed E-state index contributed by atoms with van der Waals surface area (Å²) in [6.07, 6.45) is 6.10. The van der Waals surface area contributed by atoms with Crippen molar-refractivity contribution in [1.29, 1.82) is 0 Å². The quantitative estimate of drug-likeness (QED) is 0.635. The van der Waals surface area contributed by atoms with Crippen LogP contribution < -0.4 is 15.4 Å². The van der Waals surface area contributed by atoms with Gasteiger partial charge >= 0.3 is 0 Å². The number of hydrogen-bond acceptors (Lipinski definition) is 3. The number of carbonyl (C=O) groups is 2. The smallest absolute Gasteiger partial charge is 0.251 e. The van der Waals surface area contributed by atoms with Crippen LogP contribution in [0, 0.1) is 0 Å². The molecule has 5 nitrogen and oxygen atoms in total. The maximum Gasteiger partial charge on any atom is 0.251 e. The van der Waals surface area contributed by atoms with Gasteiger partial charge in [0.05, 0.1) is 12.3 Å². The zero-order valence-corrected chi connectivity index (χ0v) is 16.5. The van der Waals surface area contributed by atoms with Crippen LogP contribution in [0.25, 0.3) is 6.08 Å². The molecular weight excluding hydrogens is 376 g/mol. The van der Waals surface area contributed by atoms with Crippen molar-refractivity contribution in [2.45, 2.75) is 32.2 Å². The topological polar surface area (TPSA) is 67.4 Å². The maximum atomic E-state index is 12.3. The van der Waals surface area contributed by atoms with Crippen molar-refractivity contribution in [3.63, 3.8) is 0 Å². The molecule has 0 spiro atoms. The van der Waals surface area contributed by atoms with E-state index in [1.54, 1.807) is 48.5 Å². The van der Waals surface area contributed by atoms with Crippen molar-refractivity contribution in [2.75, 3.05) is 11.9 Å². The molecule has 0 atom stereocenters. The number of benzene rings is 2. The Morgan fingerprint density at radius 1 is 1.18 bits per heavy atom. The van der Waals surface area contributed by atoms with Gasteiger partial charge < -0.3 is 15.4 Å². The number of halogens is 1. The van der Waals surface area contributed by atoms with Crippen LogP contribution in [0.15, 0.2) is 48.5 Å². The van der Waals surface area contributed by atoms with Gasteiger partial charge in [0.2, 0.25) is 5.91 Å². The lowest BCUT2D eigenvalue weighted by molar-refractivity contribution is -0.111. The summed E-state index contributed by atoms with van der Waals surface area (Å²) in [5.74, 6) is 0.231. The van der Waals surface area contributed by atoms with Crippen LogP contribution in [0.1, 0.15) is 42.1 Å². The van der Waals surface area contributed by atoms with E-state index in [-0.39, 0.29) is 11.8 Å². The van der Waals surface area contributed by atoms with Gasteiger partial charge in [-0.3, -0.25) is 9.59 Å². The largest absolute Gasteiger partial charge is 0.491 e. The average molecular weight is 399 g/mol. The maximum absolute atomic E-state index is 12.3. The highest BCUT2D eigenvalue weighted by Crippen LogP contribution is 2.28. The first-order valence-corrected chi connectivity index (χ1v) is 9.75. The van der Waals surface area contributed by atoms with E-state index in [9.17, 15) is 9.59 Å². The second-order valence-corrected chi connectivity index (χ2v) is 7.12. The molecule has 2 aromatic rings. The zero-order chi connectivity index (χ0) is 19.9. The first-order chi connectivity index (χ1) is 13.5. The molecule has 1 aliphatic carbocycles. The normalized spacial score (nSPS) is 13.4. The number of amides is 2. The van der Waals surface area contributed by atoms with Gasteiger partial charge in [-0.2, -0.15) is 0 Å². The Morgan fingerprint density at radius 3 is 2.61 bits per heavy atom. The van der Waals surface area contributed by atoms with E-state index in [2.05, 4.69) is 10.6 Å². The highest BCUT2D eigenvalue weighted by molar-refractivity contribution is 6.31. The second-order valence-electron chi connectivity index (χ2n) is 6.68. The van der Waals surface area contributed by atoms with Gasteiger partial charge in [-0.05, 0) is 61.2 Å². The number of ether oxygens (including phenoxy) is 1. The van der Waals surface area contributed by atoms with Crippen molar-refractivity contribution in [3.8, 4) is 5.75 Å². The molecule has 2 amide bonds. The number of anilines is 1. The van der Waals surface area contributed by atoms with Crippen LogP contribution in [0.2, 0.25) is 5.02 Å². The van der Waals surface area contributed by atoms with E-state index in [1.807, 2.05) is 6.92 Å². The molecule has 0 radical (unpaired) electrons. The Balaban J connectivity index is 1.60. The molecule has 0 unspecified atom stereocenters. The predicted molar refractivity (Wildman–Crippen MR) is 112 cm³/mol. The first kappa shape index (κ1) is 20.0. The molecule has 0 saturated heterocycles. The van der Waals surface area contributed by atoms with Crippen LogP contribution in [-0.2, 0) is 4.79 Å². The van der Waals surface area contributed by atoms with Crippen molar-refractivity contribution in [1.82, 2.24) is 5.32 Å². The average Bonchev–Trinajstić information content (AvgIpc) is 3.50. The van der Waals surface area contributed by atoms with Gasteiger partial charge in [0.1, 0.15) is 5.75 Å². The SMILES string of the molecule is CCCOc1ccc(Cl)cc1NC(=O)/C=C/c1ccc(C(=O)NC2CC2)cc1. The number of carbonyl (C=O) groups excluding carboxylic acids is 2. The van der Waals surface area contributed by atoms with Gasteiger partial charge in [-0.1, -0.05) is 30.7 Å². The number of rotatable bonds is 8. The number of hydrogen-bond donors (Lipinski definition) is 2. The van der Waals surface area contributed by atoms with Gasteiger partial charge in [-0.15, -0.1) is 0 Å².